The zero-order chi connectivity index (χ0) is 31.6. The summed E-state index contributed by atoms with van der Waals surface area (Å²) in [5, 5.41) is 3.65. The van der Waals surface area contributed by atoms with Crippen molar-refractivity contribution in [2.24, 2.45) is 5.92 Å². The number of likely N-dealkylation sites (tertiary alicyclic amines) is 1. The first kappa shape index (κ1) is 30.8. The van der Waals surface area contributed by atoms with Crippen LogP contribution in [0.1, 0.15) is 40.5 Å². The second-order valence-electron chi connectivity index (χ2n) is 12.1. The smallest absolute Gasteiger partial charge is 0.411 e. The van der Waals surface area contributed by atoms with Crippen molar-refractivity contribution in [3.8, 4) is 22.8 Å². The molecule has 0 radical (unpaired) electrons. The highest BCUT2D eigenvalue weighted by atomic mass is 16.6. The Labute approximate surface area is 257 Å². The maximum absolute atomic E-state index is 13.8. The van der Waals surface area contributed by atoms with Crippen molar-refractivity contribution in [1.82, 2.24) is 15.2 Å². The van der Waals surface area contributed by atoms with Gasteiger partial charge in [-0.25, -0.2) is 14.6 Å². The maximum atomic E-state index is 13.8. The number of hydrogen-bond acceptors (Lipinski definition) is 8. The molecule has 2 fully saturated rings. The number of amides is 2. The predicted molar refractivity (Wildman–Crippen MR) is 165 cm³/mol. The molecule has 1 saturated carbocycles. The van der Waals surface area contributed by atoms with Gasteiger partial charge in [0.05, 0.1) is 31.5 Å². The quantitative estimate of drug-likeness (QED) is 0.260. The van der Waals surface area contributed by atoms with E-state index in [4.69, 9.17) is 23.9 Å². The van der Waals surface area contributed by atoms with Gasteiger partial charge in [-0.2, -0.15) is 0 Å². The summed E-state index contributed by atoms with van der Waals surface area (Å²) in [6.45, 7) is 11.1. The largest absolute Gasteiger partial charge is 0.497 e. The highest BCUT2D eigenvalue weighted by molar-refractivity contribution is 5.95. The van der Waals surface area contributed by atoms with Crippen LogP contribution in [0.4, 0.5) is 4.79 Å². The first-order valence-corrected chi connectivity index (χ1v) is 14.8. The summed E-state index contributed by atoms with van der Waals surface area (Å²) in [5.74, 6) is -0.0360. The van der Waals surface area contributed by atoms with Crippen LogP contribution in [-0.2, 0) is 19.1 Å². The summed E-state index contributed by atoms with van der Waals surface area (Å²) in [7, 11) is 1.60. The number of rotatable bonds is 9. The lowest BCUT2D eigenvalue weighted by Crippen LogP contribution is -2.53. The Balaban J connectivity index is 1.46. The van der Waals surface area contributed by atoms with E-state index in [9.17, 15) is 14.4 Å². The molecule has 10 heteroatoms. The number of esters is 1. The van der Waals surface area contributed by atoms with E-state index in [1.54, 1.807) is 40.9 Å². The molecule has 0 unspecified atom stereocenters. The molecule has 2 amide bonds. The first-order chi connectivity index (χ1) is 21.0. The fourth-order valence-electron chi connectivity index (χ4n) is 5.56. The van der Waals surface area contributed by atoms with E-state index in [1.807, 2.05) is 54.6 Å². The summed E-state index contributed by atoms with van der Waals surface area (Å²) in [6, 6.07) is 16.2. The van der Waals surface area contributed by atoms with Crippen LogP contribution in [0, 0.1) is 5.92 Å². The summed E-state index contributed by atoms with van der Waals surface area (Å²) in [5.41, 5.74) is 0.319. The van der Waals surface area contributed by atoms with E-state index in [-0.39, 0.29) is 25.5 Å². The van der Waals surface area contributed by atoms with E-state index in [0.717, 1.165) is 10.9 Å². The zero-order valence-corrected chi connectivity index (χ0v) is 25.8. The van der Waals surface area contributed by atoms with Gasteiger partial charge in [0.25, 0.3) is 0 Å². The van der Waals surface area contributed by atoms with E-state index >= 15 is 0 Å². The minimum absolute atomic E-state index is 0.102. The number of carbonyl (C=O) groups is 3. The van der Waals surface area contributed by atoms with Crippen LogP contribution >= 0.6 is 0 Å². The maximum Gasteiger partial charge on any atom is 0.411 e. The van der Waals surface area contributed by atoms with Gasteiger partial charge in [-0.15, -0.1) is 6.58 Å². The van der Waals surface area contributed by atoms with Crippen molar-refractivity contribution >= 4 is 28.9 Å². The fourth-order valence-corrected chi connectivity index (χ4v) is 5.56. The van der Waals surface area contributed by atoms with Gasteiger partial charge in [-0.05, 0) is 46.2 Å². The van der Waals surface area contributed by atoms with E-state index in [1.165, 1.54) is 4.90 Å². The molecule has 1 aromatic heterocycles. The number of methoxy groups -OCH3 is 1. The minimum Gasteiger partial charge on any atom is -0.497 e. The van der Waals surface area contributed by atoms with E-state index in [2.05, 4.69) is 11.9 Å². The molecule has 232 valence electrons. The monoisotopic (exact) mass is 601 g/mol. The molecule has 1 N–H and O–H groups in total. The molecule has 0 spiro atoms. The molecule has 5 rings (SSSR count). The van der Waals surface area contributed by atoms with Gasteiger partial charge in [0.15, 0.2) is 0 Å². The molecule has 3 aromatic rings. The molecule has 2 heterocycles. The van der Waals surface area contributed by atoms with Gasteiger partial charge in [-0.3, -0.25) is 9.69 Å². The van der Waals surface area contributed by atoms with Crippen LogP contribution in [0.3, 0.4) is 0 Å². The van der Waals surface area contributed by atoms with Crippen molar-refractivity contribution in [3.05, 3.63) is 67.3 Å². The third kappa shape index (κ3) is 6.34. The summed E-state index contributed by atoms with van der Waals surface area (Å²) < 4.78 is 22.9. The molecule has 0 bridgehead atoms. The van der Waals surface area contributed by atoms with Crippen LogP contribution < -0.4 is 14.8 Å². The number of pyridine rings is 1. The first-order valence-electron chi connectivity index (χ1n) is 14.8. The average molecular weight is 602 g/mol. The average Bonchev–Trinajstić information content (AvgIpc) is 3.55. The Morgan fingerprint density at radius 3 is 2.52 bits per heavy atom. The fraction of sp³-hybridized carbons (Fsp3) is 0.412. The van der Waals surface area contributed by atoms with Gasteiger partial charge in [0.2, 0.25) is 5.91 Å². The van der Waals surface area contributed by atoms with Crippen LogP contribution in [-0.4, -0.2) is 71.4 Å². The molecular formula is C34H39N3O7. The highest BCUT2D eigenvalue weighted by Gasteiger charge is 2.62. The summed E-state index contributed by atoms with van der Waals surface area (Å²) >= 11 is 0. The second kappa shape index (κ2) is 12.2. The molecule has 1 aliphatic heterocycles. The Hall–Kier alpha value is -4.60. The number of benzene rings is 2. The Bertz CT molecular complexity index is 1570. The number of hydrogen-bond donors (Lipinski definition) is 1. The van der Waals surface area contributed by atoms with Crippen LogP contribution in [0.15, 0.2) is 67.3 Å². The topological polar surface area (TPSA) is 116 Å². The summed E-state index contributed by atoms with van der Waals surface area (Å²) in [4.78, 5) is 46.2. The molecular weight excluding hydrogens is 562 g/mol. The van der Waals surface area contributed by atoms with Gasteiger partial charge in [0, 0.05) is 35.4 Å². The lowest BCUT2D eigenvalue weighted by atomic mass is 10.1. The van der Waals surface area contributed by atoms with Crippen molar-refractivity contribution in [2.45, 2.75) is 63.8 Å². The Kier molecular flexibility index (Phi) is 8.54. The molecule has 1 aliphatic carbocycles. The van der Waals surface area contributed by atoms with Crippen molar-refractivity contribution < 1.29 is 33.3 Å². The number of aromatic nitrogens is 1. The Morgan fingerprint density at radius 2 is 1.89 bits per heavy atom. The Morgan fingerprint density at radius 1 is 1.14 bits per heavy atom. The number of carbonyl (C=O) groups excluding carboxylic acids is 3. The molecule has 2 aromatic carbocycles. The minimum atomic E-state index is -1.20. The number of nitrogens with one attached hydrogen (secondary N) is 1. The molecule has 4 atom stereocenters. The van der Waals surface area contributed by atoms with Crippen molar-refractivity contribution in [2.75, 3.05) is 20.3 Å². The zero-order valence-electron chi connectivity index (χ0n) is 25.8. The molecule has 2 aliphatic rings. The third-order valence-electron chi connectivity index (χ3n) is 7.82. The molecule has 44 heavy (non-hydrogen) atoms. The van der Waals surface area contributed by atoms with E-state index in [0.29, 0.717) is 29.1 Å². The van der Waals surface area contributed by atoms with Gasteiger partial charge >= 0.3 is 12.1 Å². The molecule has 1 saturated heterocycles. The van der Waals surface area contributed by atoms with Gasteiger partial charge < -0.3 is 24.3 Å². The lowest BCUT2D eigenvalue weighted by Gasteiger charge is -2.28. The SMILES string of the molecule is C=C[C@H]1C[C@@]1(NC(=O)[C@@H]1C[C@@H](Oc2cc(-c3ccccc3)nc3cc(OC)ccc23)CN1C(=O)OC(C)(C)C)C(=O)OCC. The normalized spacial score (nSPS) is 22.7. The predicted octanol–water partition coefficient (Wildman–Crippen LogP) is 5.29. The van der Waals surface area contributed by atoms with Crippen LogP contribution in [0.5, 0.6) is 11.5 Å². The van der Waals surface area contributed by atoms with Crippen molar-refractivity contribution in [1.29, 1.82) is 0 Å². The third-order valence-corrected chi connectivity index (χ3v) is 7.82. The van der Waals surface area contributed by atoms with Gasteiger partial charge in [-0.1, -0.05) is 36.4 Å². The molecule has 10 nitrogen and oxygen atoms in total. The lowest BCUT2D eigenvalue weighted by molar-refractivity contribution is -0.149. The standard InChI is InChI=1S/C34H39N3O7/c1-7-22-19-34(22,31(39)42-8-2)36-30(38)28-17-24(20-37(28)32(40)44-33(3,4)5)43-29-18-26(21-12-10-9-11-13-21)35-27-16-23(41-6)14-15-25(27)29/h7,9-16,18,22,24,28H,1,8,17,19-20H2,2-6H3,(H,36,38)/t22-,24+,28-,34-/m0/s1. The highest BCUT2D eigenvalue weighted by Crippen LogP contribution is 2.46. The van der Waals surface area contributed by atoms with Gasteiger partial charge in [0.1, 0.15) is 34.8 Å². The number of ether oxygens (including phenoxy) is 4. The number of fused-ring (bicyclic) bond motifs is 1. The van der Waals surface area contributed by atoms with Crippen LogP contribution in [0.25, 0.3) is 22.2 Å². The van der Waals surface area contributed by atoms with Crippen LogP contribution in [0.2, 0.25) is 0 Å². The number of nitrogens with zero attached hydrogens (tertiary/aromatic N) is 2. The van der Waals surface area contributed by atoms with E-state index < -0.39 is 41.3 Å². The van der Waals surface area contributed by atoms with Crippen molar-refractivity contribution in [3.63, 3.8) is 0 Å². The summed E-state index contributed by atoms with van der Waals surface area (Å²) in [6.07, 6.45) is 1.01. The second-order valence-corrected chi connectivity index (χ2v) is 12.1.